The molecule has 1 heteroatoms. The van der Waals surface area contributed by atoms with Gasteiger partial charge in [-0.15, -0.1) is 0 Å². The number of carbonyl (C=O) groups is 1. The fourth-order valence-corrected chi connectivity index (χ4v) is 1.63. The Hall–Kier alpha value is -0.850. The Bertz CT molecular complexity index is 233. The van der Waals surface area contributed by atoms with Crippen molar-refractivity contribution in [2.45, 2.75) is 25.7 Å². The summed E-state index contributed by atoms with van der Waals surface area (Å²) in [5.41, 5.74) is 2.80. The van der Waals surface area contributed by atoms with Crippen molar-refractivity contribution in [2.24, 2.45) is 0 Å². The van der Waals surface area contributed by atoms with Crippen LogP contribution in [-0.2, 0) is 4.79 Å². The Morgan fingerprint density at radius 1 is 1.30 bits per heavy atom. The molecule has 0 saturated heterocycles. The number of Topliss-reactive ketones (excluding diaryl/α,β-unsaturated/α-hetero) is 1. The Balaban J connectivity index is 2.27. The van der Waals surface area contributed by atoms with Gasteiger partial charge in [0.1, 0.15) is 5.78 Å². The third kappa shape index (κ3) is 0.821. The molecule has 0 bridgehead atoms. The summed E-state index contributed by atoms with van der Waals surface area (Å²) >= 11 is 0. The van der Waals surface area contributed by atoms with Crippen LogP contribution in [0.5, 0.6) is 0 Å². The van der Waals surface area contributed by atoms with E-state index in [1.807, 2.05) is 0 Å². The molecule has 0 aromatic heterocycles. The maximum Gasteiger partial charge on any atom is 0.137 e. The minimum atomic E-state index is 0.408. The van der Waals surface area contributed by atoms with Crippen LogP contribution in [0.3, 0.4) is 0 Å². The van der Waals surface area contributed by atoms with Crippen LogP contribution in [-0.4, -0.2) is 5.78 Å². The van der Waals surface area contributed by atoms with Crippen LogP contribution in [0.1, 0.15) is 25.7 Å². The van der Waals surface area contributed by atoms with E-state index in [9.17, 15) is 4.79 Å². The second kappa shape index (κ2) is 2.08. The van der Waals surface area contributed by atoms with E-state index in [2.05, 4.69) is 12.2 Å². The van der Waals surface area contributed by atoms with Gasteiger partial charge in [-0.3, -0.25) is 4.79 Å². The number of ketones is 1. The Kier molecular flexibility index (Phi) is 1.23. The maximum absolute atomic E-state index is 10.9. The first kappa shape index (κ1) is 5.90. The molecule has 0 unspecified atom stereocenters. The Morgan fingerprint density at radius 2 is 2.20 bits per heavy atom. The minimum absolute atomic E-state index is 0.408. The van der Waals surface area contributed by atoms with Gasteiger partial charge in [0.05, 0.1) is 0 Å². The number of hydrogen-bond donors (Lipinski definition) is 0. The van der Waals surface area contributed by atoms with Crippen molar-refractivity contribution in [1.29, 1.82) is 0 Å². The van der Waals surface area contributed by atoms with Crippen molar-refractivity contribution in [3.05, 3.63) is 23.3 Å². The molecule has 0 atom stereocenters. The van der Waals surface area contributed by atoms with Crippen molar-refractivity contribution in [3.63, 3.8) is 0 Å². The van der Waals surface area contributed by atoms with E-state index in [0.717, 1.165) is 19.3 Å². The van der Waals surface area contributed by atoms with Crippen LogP contribution in [0.25, 0.3) is 0 Å². The monoisotopic (exact) mass is 134 g/mol. The topological polar surface area (TPSA) is 17.1 Å². The molecule has 0 fully saturated rings. The highest BCUT2D eigenvalue weighted by Gasteiger charge is 2.18. The molecule has 0 radical (unpaired) electrons. The van der Waals surface area contributed by atoms with E-state index in [4.69, 9.17) is 0 Å². The van der Waals surface area contributed by atoms with Crippen LogP contribution in [0.4, 0.5) is 0 Å². The lowest BCUT2D eigenvalue weighted by Crippen LogP contribution is -2.05. The molecule has 0 aliphatic heterocycles. The van der Waals surface area contributed by atoms with Gasteiger partial charge in [-0.2, -0.15) is 0 Å². The van der Waals surface area contributed by atoms with E-state index in [1.54, 1.807) is 0 Å². The summed E-state index contributed by atoms with van der Waals surface area (Å²) in [4.78, 5) is 10.9. The van der Waals surface area contributed by atoms with E-state index in [1.165, 1.54) is 11.1 Å². The molecule has 2 aliphatic rings. The molecule has 52 valence electrons. The van der Waals surface area contributed by atoms with E-state index >= 15 is 0 Å². The first-order valence-electron chi connectivity index (χ1n) is 3.75. The summed E-state index contributed by atoms with van der Waals surface area (Å²) < 4.78 is 0. The van der Waals surface area contributed by atoms with Crippen molar-refractivity contribution in [3.8, 4) is 0 Å². The van der Waals surface area contributed by atoms with Crippen molar-refractivity contribution in [1.82, 2.24) is 0 Å². The molecule has 2 rings (SSSR count). The number of rotatable bonds is 0. The highest BCUT2D eigenvalue weighted by molar-refractivity contribution is 5.83. The van der Waals surface area contributed by atoms with E-state index in [0.29, 0.717) is 12.2 Å². The molecule has 0 aromatic carbocycles. The molecule has 0 amide bonds. The lowest BCUT2D eigenvalue weighted by Gasteiger charge is -2.11. The first-order chi connectivity index (χ1) is 4.86. The second-order valence-electron chi connectivity index (χ2n) is 2.95. The quantitative estimate of drug-likeness (QED) is 0.495. The van der Waals surface area contributed by atoms with Crippen LogP contribution in [0, 0.1) is 0 Å². The zero-order valence-electron chi connectivity index (χ0n) is 5.89. The number of carbonyl (C=O) groups excluding carboxylic acids is 1. The van der Waals surface area contributed by atoms with Crippen LogP contribution in [0.2, 0.25) is 0 Å². The average Bonchev–Trinajstić information content (AvgIpc) is 2.33. The SMILES string of the molecule is O=C1CCC2=C(C=CC2)C1. The largest absolute Gasteiger partial charge is 0.299 e. The van der Waals surface area contributed by atoms with Gasteiger partial charge in [0, 0.05) is 12.8 Å². The summed E-state index contributed by atoms with van der Waals surface area (Å²) in [6.45, 7) is 0. The standard InChI is InChI=1S/C9H10O/c10-9-5-4-7-2-1-3-8(7)6-9/h1,3H,2,4-6H2. The molecule has 0 heterocycles. The predicted molar refractivity (Wildman–Crippen MR) is 39.6 cm³/mol. The van der Waals surface area contributed by atoms with Crippen LogP contribution in [0.15, 0.2) is 23.3 Å². The van der Waals surface area contributed by atoms with Gasteiger partial charge in [0.25, 0.3) is 0 Å². The zero-order chi connectivity index (χ0) is 6.97. The van der Waals surface area contributed by atoms with Crippen LogP contribution >= 0.6 is 0 Å². The number of allylic oxidation sites excluding steroid dienone is 4. The van der Waals surface area contributed by atoms with Gasteiger partial charge in [-0.05, 0) is 18.4 Å². The third-order valence-corrected chi connectivity index (χ3v) is 2.23. The van der Waals surface area contributed by atoms with Gasteiger partial charge in [-0.25, -0.2) is 0 Å². The molecule has 0 saturated carbocycles. The van der Waals surface area contributed by atoms with Crippen molar-refractivity contribution < 1.29 is 4.79 Å². The fourth-order valence-electron chi connectivity index (χ4n) is 1.63. The molecule has 2 aliphatic carbocycles. The van der Waals surface area contributed by atoms with E-state index in [-0.39, 0.29) is 0 Å². The predicted octanol–water partition coefficient (Wildman–Crippen LogP) is 2.00. The van der Waals surface area contributed by atoms with E-state index < -0.39 is 0 Å². The lowest BCUT2D eigenvalue weighted by molar-refractivity contribution is -0.118. The van der Waals surface area contributed by atoms with Gasteiger partial charge in [0.15, 0.2) is 0 Å². The summed E-state index contributed by atoms with van der Waals surface area (Å²) in [6, 6.07) is 0. The number of hydrogen-bond acceptors (Lipinski definition) is 1. The van der Waals surface area contributed by atoms with Gasteiger partial charge in [0.2, 0.25) is 0 Å². The molecular formula is C9H10O. The summed E-state index contributed by atoms with van der Waals surface area (Å²) in [5.74, 6) is 0.408. The molecule has 0 aromatic rings. The third-order valence-electron chi connectivity index (χ3n) is 2.23. The van der Waals surface area contributed by atoms with Crippen LogP contribution < -0.4 is 0 Å². The summed E-state index contributed by atoms with van der Waals surface area (Å²) in [5, 5.41) is 0. The van der Waals surface area contributed by atoms with Crippen molar-refractivity contribution in [2.75, 3.05) is 0 Å². The Labute approximate surface area is 60.4 Å². The molecule has 1 nitrogen and oxygen atoms in total. The smallest absolute Gasteiger partial charge is 0.137 e. The molecule has 0 N–H and O–H groups in total. The van der Waals surface area contributed by atoms with Gasteiger partial charge < -0.3 is 0 Å². The maximum atomic E-state index is 10.9. The normalized spacial score (nSPS) is 23.8. The minimum Gasteiger partial charge on any atom is -0.299 e. The second-order valence-corrected chi connectivity index (χ2v) is 2.95. The van der Waals surface area contributed by atoms with Gasteiger partial charge >= 0.3 is 0 Å². The molecule has 0 spiro atoms. The lowest BCUT2D eigenvalue weighted by atomic mass is 9.93. The summed E-state index contributed by atoms with van der Waals surface area (Å²) in [7, 11) is 0. The Morgan fingerprint density at radius 3 is 3.10 bits per heavy atom. The highest BCUT2D eigenvalue weighted by atomic mass is 16.1. The fraction of sp³-hybridized carbons (Fsp3) is 0.444. The molecular weight excluding hydrogens is 124 g/mol. The molecule has 10 heavy (non-hydrogen) atoms. The average molecular weight is 134 g/mol. The van der Waals surface area contributed by atoms with Gasteiger partial charge in [-0.1, -0.05) is 17.7 Å². The summed E-state index contributed by atoms with van der Waals surface area (Å²) in [6.07, 6.45) is 7.85. The zero-order valence-corrected chi connectivity index (χ0v) is 5.89. The highest BCUT2D eigenvalue weighted by Crippen LogP contribution is 2.30. The van der Waals surface area contributed by atoms with Crippen molar-refractivity contribution >= 4 is 5.78 Å². The first-order valence-corrected chi connectivity index (χ1v) is 3.75.